The minimum atomic E-state index is 0.604. The van der Waals surface area contributed by atoms with E-state index >= 15 is 0 Å². The van der Waals surface area contributed by atoms with Crippen LogP contribution < -0.4 is 0 Å². The number of fused-ring (bicyclic) bond motifs is 1. The van der Waals surface area contributed by atoms with E-state index in [9.17, 15) is 0 Å². The third kappa shape index (κ3) is 2.45. The molecule has 0 aliphatic heterocycles. The average Bonchev–Trinajstić information content (AvgIpc) is 2.68. The van der Waals surface area contributed by atoms with Crippen LogP contribution in [0.3, 0.4) is 0 Å². The van der Waals surface area contributed by atoms with Crippen LogP contribution in [-0.4, -0.2) is 14.5 Å². The molecule has 0 radical (unpaired) electrons. The molecule has 0 bridgehead atoms. The van der Waals surface area contributed by atoms with Crippen LogP contribution in [0.15, 0.2) is 41.0 Å². The molecule has 0 saturated heterocycles. The van der Waals surface area contributed by atoms with Crippen LogP contribution in [0, 0.1) is 4.77 Å². The normalized spacial score (nSPS) is 11.1. The molecule has 3 aromatic rings. The van der Waals surface area contributed by atoms with E-state index in [4.69, 9.17) is 23.8 Å². The number of halogens is 2. The van der Waals surface area contributed by atoms with Crippen LogP contribution in [0.2, 0.25) is 5.02 Å². The number of hydrogen-bond donors (Lipinski definition) is 1. The quantitative estimate of drug-likeness (QED) is 0.685. The fourth-order valence-electron chi connectivity index (χ4n) is 1.96. The van der Waals surface area contributed by atoms with Gasteiger partial charge in [-0.05, 0) is 45.8 Å². The highest BCUT2D eigenvalue weighted by molar-refractivity contribution is 9.10. The molecule has 2 aromatic heterocycles. The maximum atomic E-state index is 6.18. The Hall–Kier alpha value is -1.17. The molecule has 0 amide bonds. The molecule has 6 heteroatoms. The van der Waals surface area contributed by atoms with Crippen molar-refractivity contribution in [3.8, 4) is 0 Å². The monoisotopic (exact) mass is 353 g/mol. The van der Waals surface area contributed by atoms with Gasteiger partial charge in [-0.2, -0.15) is 0 Å². The molecule has 0 atom stereocenters. The maximum absolute atomic E-state index is 6.18. The Morgan fingerprint density at radius 2 is 2.16 bits per heavy atom. The summed E-state index contributed by atoms with van der Waals surface area (Å²) < 4.78 is 3.50. The zero-order chi connectivity index (χ0) is 13.4. The molecule has 3 rings (SSSR count). The van der Waals surface area contributed by atoms with Gasteiger partial charge in [-0.25, -0.2) is 4.98 Å². The minimum absolute atomic E-state index is 0.604. The van der Waals surface area contributed by atoms with E-state index in [0.717, 1.165) is 26.2 Å². The molecule has 0 aliphatic carbocycles. The largest absolute Gasteiger partial charge is 0.329 e. The highest BCUT2D eigenvalue weighted by atomic mass is 79.9. The van der Waals surface area contributed by atoms with E-state index in [2.05, 4.69) is 25.9 Å². The van der Waals surface area contributed by atoms with Gasteiger partial charge in [-0.3, -0.25) is 4.57 Å². The van der Waals surface area contributed by atoms with Crippen molar-refractivity contribution in [3.05, 3.63) is 56.4 Å². The number of rotatable bonds is 2. The Morgan fingerprint density at radius 1 is 1.37 bits per heavy atom. The van der Waals surface area contributed by atoms with Gasteiger partial charge in [-0.15, -0.1) is 0 Å². The predicted octanol–water partition coefficient (Wildman–Crippen LogP) is 4.56. The summed E-state index contributed by atoms with van der Waals surface area (Å²) in [4.78, 5) is 7.55. The summed E-state index contributed by atoms with van der Waals surface area (Å²) in [5.41, 5.74) is 2.76. The smallest absolute Gasteiger partial charge is 0.179 e. The van der Waals surface area contributed by atoms with Gasteiger partial charge in [0.25, 0.3) is 0 Å². The first-order valence-electron chi connectivity index (χ1n) is 5.62. The Kier molecular flexibility index (Phi) is 3.43. The number of nitrogens with zero attached hydrogens (tertiary/aromatic N) is 2. The Balaban J connectivity index is 2.13. The second kappa shape index (κ2) is 5.07. The number of benzene rings is 1. The zero-order valence-corrected chi connectivity index (χ0v) is 12.9. The first-order chi connectivity index (χ1) is 9.15. The molecule has 19 heavy (non-hydrogen) atoms. The highest BCUT2D eigenvalue weighted by Crippen LogP contribution is 2.21. The lowest BCUT2D eigenvalue weighted by Gasteiger charge is -2.06. The summed E-state index contributed by atoms with van der Waals surface area (Å²) in [5.74, 6) is 0. The van der Waals surface area contributed by atoms with Crippen LogP contribution in [0.25, 0.3) is 11.2 Å². The minimum Gasteiger partial charge on any atom is -0.329 e. The van der Waals surface area contributed by atoms with E-state index in [1.165, 1.54) is 0 Å². The van der Waals surface area contributed by atoms with Crippen molar-refractivity contribution in [2.75, 3.05) is 0 Å². The van der Waals surface area contributed by atoms with Crippen molar-refractivity contribution >= 4 is 50.9 Å². The lowest BCUT2D eigenvalue weighted by atomic mass is 10.2. The summed E-state index contributed by atoms with van der Waals surface area (Å²) in [7, 11) is 0. The van der Waals surface area contributed by atoms with Gasteiger partial charge in [0, 0.05) is 15.7 Å². The third-order valence-electron chi connectivity index (χ3n) is 2.86. The van der Waals surface area contributed by atoms with Crippen LogP contribution >= 0.6 is 39.7 Å². The second-order valence-corrected chi connectivity index (χ2v) is 5.84. The number of nitrogens with one attached hydrogen (secondary N) is 1. The molecule has 2 heterocycles. The standard InChI is InChI=1S/C13H9BrClN3S/c14-9-5-11-12(16-6-9)18(13(19)17-11)7-8-3-1-2-4-10(8)15/h1-6H,7H2,(H,17,19). The zero-order valence-electron chi connectivity index (χ0n) is 9.73. The van der Waals surface area contributed by atoms with Crippen LogP contribution in [0.1, 0.15) is 5.56 Å². The fraction of sp³-hybridized carbons (Fsp3) is 0.0769. The Morgan fingerprint density at radius 3 is 2.95 bits per heavy atom. The van der Waals surface area contributed by atoms with Crippen LogP contribution in [0.5, 0.6) is 0 Å². The second-order valence-electron chi connectivity index (χ2n) is 4.13. The summed E-state index contributed by atoms with van der Waals surface area (Å²) in [6, 6.07) is 9.70. The molecule has 0 fully saturated rings. The lowest BCUT2D eigenvalue weighted by molar-refractivity contribution is 0.801. The molecule has 0 spiro atoms. The molecule has 1 aromatic carbocycles. The van der Waals surface area contributed by atoms with E-state index in [1.54, 1.807) is 6.20 Å². The number of H-pyrrole nitrogens is 1. The van der Waals surface area contributed by atoms with Crippen LogP contribution in [-0.2, 0) is 6.54 Å². The Labute approximate surface area is 128 Å². The van der Waals surface area contributed by atoms with Gasteiger partial charge in [0.1, 0.15) is 0 Å². The fourth-order valence-corrected chi connectivity index (χ4v) is 2.75. The number of pyridine rings is 1. The van der Waals surface area contributed by atoms with E-state index in [-0.39, 0.29) is 0 Å². The van der Waals surface area contributed by atoms with Gasteiger partial charge in [0.15, 0.2) is 10.4 Å². The lowest BCUT2D eigenvalue weighted by Crippen LogP contribution is -2.01. The maximum Gasteiger partial charge on any atom is 0.179 e. The molecule has 0 unspecified atom stereocenters. The molecule has 3 nitrogen and oxygen atoms in total. The number of imidazole rings is 1. The summed E-state index contributed by atoms with van der Waals surface area (Å²) in [6.07, 6.45) is 1.76. The van der Waals surface area contributed by atoms with Gasteiger partial charge in [0.2, 0.25) is 0 Å². The SMILES string of the molecule is S=c1[nH]c2cc(Br)cnc2n1Cc1ccccc1Cl. The van der Waals surface area contributed by atoms with Crippen molar-refractivity contribution in [1.29, 1.82) is 0 Å². The summed E-state index contributed by atoms with van der Waals surface area (Å²) >= 11 is 14.9. The average molecular weight is 355 g/mol. The van der Waals surface area contributed by atoms with E-state index in [1.807, 2.05) is 34.9 Å². The summed E-state index contributed by atoms with van der Waals surface area (Å²) in [6.45, 7) is 0.604. The predicted molar refractivity (Wildman–Crippen MR) is 83.2 cm³/mol. The molecule has 1 N–H and O–H groups in total. The first kappa shape index (κ1) is 12.8. The van der Waals surface area contributed by atoms with Gasteiger partial charge >= 0.3 is 0 Å². The molecule has 0 saturated carbocycles. The number of aromatic nitrogens is 3. The molecule has 0 aliphatic rings. The van der Waals surface area contributed by atoms with Crippen LogP contribution in [0.4, 0.5) is 0 Å². The third-order valence-corrected chi connectivity index (χ3v) is 3.99. The van der Waals surface area contributed by atoms with Gasteiger partial charge in [-0.1, -0.05) is 29.8 Å². The molecular weight excluding hydrogens is 346 g/mol. The van der Waals surface area contributed by atoms with Crippen molar-refractivity contribution in [2.45, 2.75) is 6.54 Å². The van der Waals surface area contributed by atoms with Crippen molar-refractivity contribution < 1.29 is 0 Å². The molecular formula is C13H9BrClN3S. The number of aromatic amines is 1. The Bertz CT molecular complexity index is 809. The summed E-state index contributed by atoms with van der Waals surface area (Å²) in [5, 5.41) is 0.732. The number of hydrogen-bond acceptors (Lipinski definition) is 2. The van der Waals surface area contributed by atoms with Crippen molar-refractivity contribution in [2.24, 2.45) is 0 Å². The van der Waals surface area contributed by atoms with Gasteiger partial charge in [0.05, 0.1) is 12.1 Å². The van der Waals surface area contributed by atoms with E-state index < -0.39 is 0 Å². The van der Waals surface area contributed by atoms with E-state index in [0.29, 0.717) is 11.3 Å². The highest BCUT2D eigenvalue weighted by Gasteiger charge is 2.08. The van der Waals surface area contributed by atoms with Crippen molar-refractivity contribution in [1.82, 2.24) is 14.5 Å². The topological polar surface area (TPSA) is 33.6 Å². The van der Waals surface area contributed by atoms with Gasteiger partial charge < -0.3 is 4.98 Å². The van der Waals surface area contributed by atoms with Crippen molar-refractivity contribution in [3.63, 3.8) is 0 Å². The first-order valence-corrected chi connectivity index (χ1v) is 7.20. The molecule has 96 valence electrons.